The summed E-state index contributed by atoms with van der Waals surface area (Å²) in [6.07, 6.45) is 2.28. The summed E-state index contributed by atoms with van der Waals surface area (Å²) in [5, 5.41) is -0.0204. The lowest BCUT2D eigenvalue weighted by Gasteiger charge is -2.34. The number of hydrogen-bond acceptors (Lipinski definition) is 3. The number of aliphatic imine (C=N–C) groups is 1. The molecule has 1 aliphatic carbocycles. The SMILES string of the molecule is COCC(C1CC1)N1CC(Cl)N=C(Cl)C1=O. The lowest BCUT2D eigenvalue weighted by atomic mass is 10.1. The molecule has 1 amide bonds. The van der Waals surface area contributed by atoms with Gasteiger partial charge in [-0.2, -0.15) is 0 Å². The zero-order chi connectivity index (χ0) is 11.7. The molecule has 0 bridgehead atoms. The highest BCUT2D eigenvalue weighted by Gasteiger charge is 2.40. The molecule has 1 aliphatic heterocycles. The summed E-state index contributed by atoms with van der Waals surface area (Å²) in [5.74, 6) is 0.294. The Morgan fingerprint density at radius 3 is 2.88 bits per heavy atom. The molecule has 1 saturated carbocycles. The van der Waals surface area contributed by atoms with Crippen LogP contribution in [0.5, 0.6) is 0 Å². The Morgan fingerprint density at radius 1 is 1.62 bits per heavy atom. The number of carbonyl (C=O) groups excluding carboxylic acids is 1. The van der Waals surface area contributed by atoms with Crippen LogP contribution >= 0.6 is 23.2 Å². The molecule has 1 fully saturated rings. The number of halogens is 2. The van der Waals surface area contributed by atoms with Gasteiger partial charge in [0.15, 0.2) is 5.17 Å². The van der Waals surface area contributed by atoms with Gasteiger partial charge >= 0.3 is 0 Å². The van der Waals surface area contributed by atoms with Crippen molar-refractivity contribution in [2.75, 3.05) is 20.3 Å². The zero-order valence-corrected chi connectivity index (χ0v) is 10.5. The highest BCUT2D eigenvalue weighted by Crippen LogP contribution is 2.36. The normalized spacial score (nSPS) is 27.9. The maximum atomic E-state index is 11.9. The van der Waals surface area contributed by atoms with Gasteiger partial charge in [-0.3, -0.25) is 4.79 Å². The van der Waals surface area contributed by atoms with Crippen molar-refractivity contribution in [2.24, 2.45) is 10.9 Å². The van der Waals surface area contributed by atoms with E-state index in [9.17, 15) is 4.79 Å². The molecule has 2 aliphatic rings. The van der Waals surface area contributed by atoms with Gasteiger partial charge in [0.2, 0.25) is 0 Å². The lowest BCUT2D eigenvalue weighted by molar-refractivity contribution is -0.128. The molecule has 6 heteroatoms. The number of nitrogens with zero attached hydrogens (tertiary/aromatic N) is 2. The monoisotopic (exact) mass is 264 g/mol. The fraction of sp³-hybridized carbons (Fsp3) is 0.800. The number of rotatable bonds is 4. The smallest absolute Gasteiger partial charge is 0.284 e. The van der Waals surface area contributed by atoms with E-state index >= 15 is 0 Å². The summed E-state index contributed by atoms with van der Waals surface area (Å²) in [6.45, 7) is 0.950. The van der Waals surface area contributed by atoms with E-state index in [0.29, 0.717) is 19.1 Å². The fourth-order valence-electron chi connectivity index (χ4n) is 2.00. The number of hydrogen-bond donors (Lipinski definition) is 0. The fourth-order valence-corrected chi connectivity index (χ4v) is 2.52. The van der Waals surface area contributed by atoms with Gasteiger partial charge in [0.25, 0.3) is 5.91 Å². The van der Waals surface area contributed by atoms with Crippen LogP contribution in [0.2, 0.25) is 0 Å². The third-order valence-electron chi connectivity index (χ3n) is 2.94. The summed E-state index contributed by atoms with van der Waals surface area (Å²) in [5.41, 5.74) is -0.441. The van der Waals surface area contributed by atoms with Gasteiger partial charge in [-0.1, -0.05) is 23.2 Å². The molecule has 0 saturated heterocycles. The third-order valence-corrected chi connectivity index (χ3v) is 3.44. The molecule has 2 atom stereocenters. The van der Waals surface area contributed by atoms with E-state index in [0.717, 1.165) is 12.8 Å². The molecule has 4 nitrogen and oxygen atoms in total. The number of carbonyl (C=O) groups is 1. The average Bonchev–Trinajstić information content (AvgIpc) is 3.04. The van der Waals surface area contributed by atoms with Crippen LogP contribution < -0.4 is 0 Å². The summed E-state index contributed by atoms with van der Waals surface area (Å²) in [6, 6.07) is 0.0861. The minimum absolute atomic E-state index is 0.0204. The summed E-state index contributed by atoms with van der Waals surface area (Å²) in [7, 11) is 1.64. The van der Waals surface area contributed by atoms with Crippen LogP contribution in [0, 0.1) is 5.92 Å². The molecule has 2 unspecified atom stereocenters. The maximum absolute atomic E-state index is 11.9. The Bertz CT molecular complexity index is 318. The number of methoxy groups -OCH3 is 1. The van der Waals surface area contributed by atoms with Gasteiger partial charge in [0, 0.05) is 7.11 Å². The zero-order valence-electron chi connectivity index (χ0n) is 9.03. The second kappa shape index (κ2) is 4.90. The number of alkyl halides is 1. The van der Waals surface area contributed by atoms with E-state index < -0.39 is 5.50 Å². The van der Waals surface area contributed by atoms with Gasteiger partial charge in [0.1, 0.15) is 5.50 Å². The van der Waals surface area contributed by atoms with E-state index in [1.807, 2.05) is 0 Å². The largest absolute Gasteiger partial charge is 0.383 e. The van der Waals surface area contributed by atoms with Crippen LogP contribution in [0.1, 0.15) is 12.8 Å². The molecule has 0 N–H and O–H groups in total. The third kappa shape index (κ3) is 2.50. The molecule has 0 aromatic rings. The Balaban J connectivity index is 2.12. The maximum Gasteiger partial charge on any atom is 0.284 e. The van der Waals surface area contributed by atoms with Crippen molar-refractivity contribution in [3.63, 3.8) is 0 Å². The molecule has 1 heterocycles. The van der Waals surface area contributed by atoms with Crippen molar-refractivity contribution in [1.29, 1.82) is 0 Å². The minimum atomic E-state index is -0.441. The van der Waals surface area contributed by atoms with Crippen molar-refractivity contribution in [3.8, 4) is 0 Å². The molecule has 16 heavy (non-hydrogen) atoms. The van der Waals surface area contributed by atoms with Crippen molar-refractivity contribution < 1.29 is 9.53 Å². The van der Waals surface area contributed by atoms with Crippen LogP contribution in [-0.4, -0.2) is 47.8 Å². The van der Waals surface area contributed by atoms with Crippen LogP contribution in [0.4, 0.5) is 0 Å². The molecular weight excluding hydrogens is 251 g/mol. The van der Waals surface area contributed by atoms with Crippen molar-refractivity contribution >= 4 is 34.3 Å². The highest BCUT2D eigenvalue weighted by atomic mass is 35.5. The van der Waals surface area contributed by atoms with E-state index in [-0.39, 0.29) is 17.1 Å². The van der Waals surface area contributed by atoms with E-state index in [1.165, 1.54) is 0 Å². The second-order valence-electron chi connectivity index (χ2n) is 4.17. The van der Waals surface area contributed by atoms with Crippen molar-refractivity contribution in [1.82, 2.24) is 4.90 Å². The topological polar surface area (TPSA) is 41.9 Å². The summed E-state index contributed by atoms with van der Waals surface area (Å²) in [4.78, 5) is 17.4. The van der Waals surface area contributed by atoms with Gasteiger partial charge in [-0.15, -0.1) is 0 Å². The van der Waals surface area contributed by atoms with Crippen LogP contribution in [0.25, 0.3) is 0 Å². The van der Waals surface area contributed by atoms with Gasteiger partial charge in [-0.05, 0) is 18.8 Å². The molecule has 0 spiro atoms. The highest BCUT2D eigenvalue weighted by molar-refractivity contribution is 6.83. The van der Waals surface area contributed by atoms with Crippen molar-refractivity contribution in [2.45, 2.75) is 24.4 Å². The first-order chi connectivity index (χ1) is 7.63. The molecular formula is C10H14Cl2N2O2. The molecule has 2 rings (SSSR count). The van der Waals surface area contributed by atoms with E-state index in [1.54, 1.807) is 12.0 Å². The molecule has 0 aromatic carbocycles. The molecule has 0 aromatic heterocycles. The van der Waals surface area contributed by atoms with Gasteiger partial charge in [0.05, 0.1) is 19.2 Å². The Morgan fingerprint density at radius 2 is 2.31 bits per heavy atom. The Labute approximate surface area is 105 Å². The lowest BCUT2D eigenvalue weighted by Crippen LogP contribution is -2.51. The predicted octanol–water partition coefficient (Wildman–Crippen LogP) is 1.46. The van der Waals surface area contributed by atoms with E-state index in [4.69, 9.17) is 27.9 Å². The predicted molar refractivity (Wildman–Crippen MR) is 63.0 cm³/mol. The van der Waals surface area contributed by atoms with E-state index in [2.05, 4.69) is 4.99 Å². The first-order valence-corrected chi connectivity index (χ1v) is 6.12. The van der Waals surface area contributed by atoms with Crippen LogP contribution in [0.15, 0.2) is 4.99 Å². The first-order valence-electron chi connectivity index (χ1n) is 5.30. The Kier molecular flexibility index (Phi) is 3.72. The first kappa shape index (κ1) is 12.1. The quantitative estimate of drug-likeness (QED) is 0.570. The average molecular weight is 265 g/mol. The van der Waals surface area contributed by atoms with Crippen molar-refractivity contribution in [3.05, 3.63) is 0 Å². The van der Waals surface area contributed by atoms with Crippen LogP contribution in [0.3, 0.4) is 0 Å². The summed E-state index contributed by atoms with van der Waals surface area (Å²) >= 11 is 11.7. The van der Waals surface area contributed by atoms with Crippen LogP contribution in [-0.2, 0) is 9.53 Å². The van der Waals surface area contributed by atoms with Gasteiger partial charge < -0.3 is 9.64 Å². The number of amides is 1. The molecule has 90 valence electrons. The second-order valence-corrected chi connectivity index (χ2v) is 5.03. The molecule has 0 radical (unpaired) electrons. The summed E-state index contributed by atoms with van der Waals surface area (Å²) < 4.78 is 5.16. The minimum Gasteiger partial charge on any atom is -0.383 e. The standard InChI is InChI=1S/C10H14Cl2N2O2/c1-16-5-7(6-2-3-6)14-4-8(11)13-9(12)10(14)15/h6-8H,2-5H2,1H3. The van der Waals surface area contributed by atoms with Gasteiger partial charge in [-0.25, -0.2) is 4.99 Å². The number of ether oxygens (including phenoxy) is 1. The Hall–Kier alpha value is -0.320.